The van der Waals surface area contributed by atoms with Gasteiger partial charge < -0.3 is 38.3 Å². The third-order valence-corrected chi connectivity index (χ3v) is 32.6. The Bertz CT molecular complexity index is 1060. The second-order valence-electron chi connectivity index (χ2n) is 13.5. The fourth-order valence-corrected chi connectivity index (χ4v) is 38.6. The standard InChI is InChI=1S/C25H52O11Si6/c1-21(2)23(26)28-17-15-18-39(11)33-40(12,19-16-25(5,6)20-29-24(27)22(3)4)35-42(14)32-38(9,10)30-37(7,8)31-41(13,34-39)36-42/h1,3,15-20H2,2,4-14H3. The summed E-state index contributed by atoms with van der Waals surface area (Å²) in [6.45, 7) is 30.7. The van der Waals surface area contributed by atoms with Gasteiger partial charge in [0, 0.05) is 24.2 Å². The minimum atomic E-state index is -3.38. The number of carbonyl (C=O) groups excluding carboxylic acids is 2. The summed E-state index contributed by atoms with van der Waals surface area (Å²) in [6, 6.07) is 1.11. The molecular formula is C25H52O11Si6. The van der Waals surface area contributed by atoms with Crippen LogP contribution in [0, 0.1) is 5.41 Å². The highest BCUT2D eigenvalue weighted by Crippen LogP contribution is 2.41. The zero-order valence-corrected chi connectivity index (χ0v) is 33.6. The maximum atomic E-state index is 12.0. The molecule has 0 aromatic heterocycles. The van der Waals surface area contributed by atoms with Crippen LogP contribution in [-0.4, -0.2) is 77.0 Å². The lowest BCUT2D eigenvalue weighted by molar-refractivity contribution is -0.142. The Morgan fingerprint density at radius 1 is 0.643 bits per heavy atom. The van der Waals surface area contributed by atoms with Crippen LogP contribution in [0.2, 0.25) is 64.5 Å². The quantitative estimate of drug-likeness (QED) is 0.112. The van der Waals surface area contributed by atoms with Crippen molar-refractivity contribution in [3.8, 4) is 0 Å². The smallest absolute Gasteiger partial charge is 0.462 e. The molecule has 242 valence electrons. The van der Waals surface area contributed by atoms with Crippen molar-refractivity contribution in [3.63, 3.8) is 0 Å². The molecule has 17 heteroatoms. The first-order chi connectivity index (χ1) is 18.8. The predicted octanol–water partition coefficient (Wildman–Crippen LogP) is 5.86. The fourth-order valence-electron chi connectivity index (χ4n) is 5.18. The largest absolute Gasteiger partial charge is 0.472 e. The molecule has 0 aromatic rings. The highest BCUT2D eigenvalue weighted by Gasteiger charge is 2.64. The summed E-state index contributed by atoms with van der Waals surface area (Å²) in [5.41, 5.74) is 0.357. The predicted molar refractivity (Wildman–Crippen MR) is 173 cm³/mol. The molecule has 2 aliphatic heterocycles. The minimum Gasteiger partial charge on any atom is -0.462 e. The van der Waals surface area contributed by atoms with E-state index in [2.05, 4.69) is 13.2 Å². The van der Waals surface area contributed by atoms with Crippen LogP contribution in [0.15, 0.2) is 24.3 Å². The summed E-state index contributed by atoms with van der Waals surface area (Å²) in [6.07, 6.45) is 1.19. The van der Waals surface area contributed by atoms with Crippen LogP contribution < -0.4 is 0 Å². The monoisotopic (exact) mass is 696 g/mol. The van der Waals surface area contributed by atoms with E-state index in [1.165, 1.54) is 0 Å². The van der Waals surface area contributed by atoms with Gasteiger partial charge in [-0.1, -0.05) is 27.0 Å². The maximum Gasteiger partial charge on any atom is 0.472 e. The first-order valence-electron chi connectivity index (χ1n) is 14.4. The number of carbonyl (C=O) groups is 2. The molecule has 0 spiro atoms. The van der Waals surface area contributed by atoms with E-state index in [1.54, 1.807) is 13.8 Å². The maximum absolute atomic E-state index is 12.0. The van der Waals surface area contributed by atoms with Crippen LogP contribution in [-0.2, 0) is 47.9 Å². The van der Waals surface area contributed by atoms with Gasteiger partial charge in [-0.15, -0.1) is 0 Å². The van der Waals surface area contributed by atoms with Gasteiger partial charge in [-0.3, -0.25) is 0 Å². The van der Waals surface area contributed by atoms with Crippen molar-refractivity contribution in [1.29, 1.82) is 0 Å². The summed E-state index contributed by atoms with van der Waals surface area (Å²) >= 11 is 0. The molecule has 42 heavy (non-hydrogen) atoms. The Labute approximate surface area is 258 Å². The number of rotatable bonds is 11. The van der Waals surface area contributed by atoms with E-state index in [0.29, 0.717) is 36.1 Å². The van der Waals surface area contributed by atoms with E-state index in [-0.39, 0.29) is 18.6 Å². The number of esters is 2. The molecule has 4 unspecified atom stereocenters. The van der Waals surface area contributed by atoms with Crippen molar-refractivity contribution in [2.24, 2.45) is 5.41 Å². The molecule has 0 N–H and O–H groups in total. The van der Waals surface area contributed by atoms with Gasteiger partial charge in [0.1, 0.15) is 0 Å². The Balaban J connectivity index is 2.39. The van der Waals surface area contributed by atoms with Crippen molar-refractivity contribution in [2.75, 3.05) is 13.2 Å². The highest BCUT2D eigenvalue weighted by molar-refractivity contribution is 6.96. The lowest BCUT2D eigenvalue weighted by Crippen LogP contribution is -2.74. The van der Waals surface area contributed by atoms with Crippen molar-refractivity contribution in [1.82, 2.24) is 0 Å². The molecule has 0 radical (unpaired) electrons. The zero-order valence-electron chi connectivity index (χ0n) is 27.6. The Hall–Kier alpha value is -0.559. The third kappa shape index (κ3) is 11.7. The number of fused-ring (bicyclic) bond motifs is 2. The average molecular weight is 697 g/mol. The van der Waals surface area contributed by atoms with Crippen LogP contribution in [0.4, 0.5) is 0 Å². The topological polar surface area (TPSA) is 117 Å². The van der Waals surface area contributed by atoms with Gasteiger partial charge in [0.15, 0.2) is 0 Å². The van der Waals surface area contributed by atoms with Crippen LogP contribution in [0.25, 0.3) is 0 Å². The fraction of sp³-hybridized carbons (Fsp3) is 0.760. The van der Waals surface area contributed by atoms with E-state index in [1.807, 2.05) is 66.2 Å². The molecule has 0 amide bonds. The van der Waals surface area contributed by atoms with Crippen molar-refractivity contribution >= 4 is 63.8 Å². The van der Waals surface area contributed by atoms with Gasteiger partial charge in [-0.05, 0) is 83.5 Å². The summed E-state index contributed by atoms with van der Waals surface area (Å²) in [5, 5.41) is 0. The molecular weight excluding hydrogens is 645 g/mol. The van der Waals surface area contributed by atoms with E-state index < -0.39 is 63.8 Å². The number of hydrogen-bond donors (Lipinski definition) is 0. The molecule has 11 nitrogen and oxygen atoms in total. The molecule has 0 aromatic carbocycles. The summed E-state index contributed by atoms with van der Waals surface area (Å²) < 4.78 is 58.3. The molecule has 2 aliphatic rings. The second kappa shape index (κ2) is 13.4. The SMILES string of the molecule is C=C(C)C(=O)OCCC[Si]1(C)O[Si](C)(CCC(C)(C)COC(=O)C(=C)C)O[Si]2(C)O[Si](C)(C)O[Si](C)(C)O[Si](C)(O1)O2. The van der Waals surface area contributed by atoms with Gasteiger partial charge >= 0.3 is 63.8 Å². The lowest BCUT2D eigenvalue weighted by atomic mass is 9.91. The Morgan fingerprint density at radius 2 is 1.10 bits per heavy atom. The molecule has 2 fully saturated rings. The van der Waals surface area contributed by atoms with E-state index in [9.17, 15) is 9.59 Å². The van der Waals surface area contributed by atoms with Crippen molar-refractivity contribution in [2.45, 2.75) is 105 Å². The van der Waals surface area contributed by atoms with Gasteiger partial charge in [0.25, 0.3) is 0 Å². The summed E-state index contributed by atoms with van der Waals surface area (Å²) in [4.78, 5) is 24.0. The molecule has 4 atom stereocenters. The van der Waals surface area contributed by atoms with Crippen molar-refractivity contribution < 1.29 is 47.9 Å². The van der Waals surface area contributed by atoms with Gasteiger partial charge in [-0.2, -0.15) is 0 Å². The summed E-state index contributed by atoms with van der Waals surface area (Å²) in [7, 11) is -18.2. The van der Waals surface area contributed by atoms with Crippen LogP contribution >= 0.6 is 0 Å². The first kappa shape index (κ1) is 37.6. The first-order valence-corrected chi connectivity index (χ1v) is 29.5. The number of ether oxygens (including phenoxy) is 2. The molecule has 0 aliphatic carbocycles. The summed E-state index contributed by atoms with van der Waals surface area (Å²) in [5.74, 6) is -0.841. The molecule has 2 bridgehead atoms. The molecule has 0 saturated carbocycles. The number of hydrogen-bond acceptors (Lipinski definition) is 11. The third-order valence-electron chi connectivity index (χ3n) is 6.51. The Kier molecular flexibility index (Phi) is 12.0. The molecule has 2 rings (SSSR count). The van der Waals surface area contributed by atoms with Crippen LogP contribution in [0.3, 0.4) is 0 Å². The van der Waals surface area contributed by atoms with Crippen LogP contribution in [0.1, 0.15) is 40.5 Å². The lowest BCUT2D eigenvalue weighted by Gasteiger charge is -2.53. The second-order valence-corrected chi connectivity index (χ2v) is 33.8. The van der Waals surface area contributed by atoms with Crippen LogP contribution in [0.5, 0.6) is 0 Å². The minimum absolute atomic E-state index is 0.208. The van der Waals surface area contributed by atoms with Gasteiger partial charge in [-0.25, -0.2) is 9.59 Å². The molecule has 2 heterocycles. The van der Waals surface area contributed by atoms with Gasteiger partial charge in [0.2, 0.25) is 0 Å². The van der Waals surface area contributed by atoms with E-state index in [0.717, 1.165) is 0 Å². The zero-order chi connectivity index (χ0) is 32.4. The van der Waals surface area contributed by atoms with E-state index >= 15 is 0 Å². The molecule has 2 saturated heterocycles. The normalized spacial score (nSPS) is 32.9. The van der Waals surface area contributed by atoms with E-state index in [4.69, 9.17) is 38.3 Å². The van der Waals surface area contributed by atoms with Crippen molar-refractivity contribution in [3.05, 3.63) is 24.3 Å². The highest BCUT2D eigenvalue weighted by atomic mass is 28.6. The average Bonchev–Trinajstić information content (AvgIpc) is 2.74. The van der Waals surface area contributed by atoms with Gasteiger partial charge in [0.05, 0.1) is 13.2 Å². The Morgan fingerprint density at radius 3 is 1.57 bits per heavy atom.